The largest absolute Gasteiger partial charge is 0.389 e. The van der Waals surface area contributed by atoms with Crippen LogP contribution in [0.2, 0.25) is 0 Å². The van der Waals surface area contributed by atoms with Crippen LogP contribution in [-0.4, -0.2) is 37.3 Å². The standard InChI is InChI=1S/C46H39N5O2/c52-41(32-53-46(38-25-13-4-14-26-38,39-27-15-5-16-28-39)40-29-17-6-18-30-40)31-51-34-49-42-43(47-33-48-44(42)51)50-45(35-19-7-1-8-20-35,36-21-9-2-10-22-36)37-23-11-3-12-24-37/h1-30,33-34,41,52H,31-32H2,(H,47,48,50). The highest BCUT2D eigenvalue weighted by Crippen LogP contribution is 2.42. The van der Waals surface area contributed by atoms with E-state index in [9.17, 15) is 5.11 Å². The van der Waals surface area contributed by atoms with Crippen molar-refractivity contribution in [1.82, 2.24) is 19.5 Å². The number of rotatable bonds is 13. The van der Waals surface area contributed by atoms with Gasteiger partial charge in [-0.2, -0.15) is 0 Å². The topological polar surface area (TPSA) is 85.1 Å². The second-order valence-corrected chi connectivity index (χ2v) is 13.0. The number of aliphatic hydroxyl groups excluding tert-OH is 1. The molecular formula is C46H39N5O2. The van der Waals surface area contributed by atoms with Gasteiger partial charge in [-0.1, -0.05) is 182 Å². The average molecular weight is 694 g/mol. The Morgan fingerprint density at radius 1 is 0.528 bits per heavy atom. The molecule has 8 rings (SSSR count). The van der Waals surface area contributed by atoms with Crippen molar-refractivity contribution in [2.45, 2.75) is 23.8 Å². The van der Waals surface area contributed by atoms with Gasteiger partial charge in [0.25, 0.3) is 0 Å². The summed E-state index contributed by atoms with van der Waals surface area (Å²) >= 11 is 0. The van der Waals surface area contributed by atoms with E-state index in [1.165, 1.54) is 0 Å². The Bertz CT molecular complexity index is 2160. The zero-order valence-corrected chi connectivity index (χ0v) is 29.1. The number of fused-ring (bicyclic) bond motifs is 1. The Labute approximate surface area is 309 Å². The molecule has 0 saturated heterocycles. The fraction of sp³-hybridized carbons (Fsp3) is 0.109. The van der Waals surface area contributed by atoms with Crippen molar-refractivity contribution in [1.29, 1.82) is 0 Å². The van der Waals surface area contributed by atoms with Crippen LogP contribution in [0.3, 0.4) is 0 Å². The molecule has 2 heterocycles. The van der Waals surface area contributed by atoms with E-state index in [4.69, 9.17) is 14.7 Å². The Balaban J connectivity index is 1.14. The molecule has 6 aromatic carbocycles. The molecule has 7 nitrogen and oxygen atoms in total. The highest BCUT2D eigenvalue weighted by molar-refractivity contribution is 5.84. The van der Waals surface area contributed by atoms with E-state index in [1.54, 1.807) is 12.7 Å². The van der Waals surface area contributed by atoms with E-state index >= 15 is 0 Å². The van der Waals surface area contributed by atoms with Gasteiger partial charge in [0.05, 0.1) is 25.6 Å². The second-order valence-electron chi connectivity index (χ2n) is 13.0. The first-order chi connectivity index (χ1) is 26.2. The number of anilines is 1. The maximum absolute atomic E-state index is 11.7. The van der Waals surface area contributed by atoms with E-state index in [0.29, 0.717) is 17.0 Å². The highest BCUT2D eigenvalue weighted by Gasteiger charge is 2.39. The lowest BCUT2D eigenvalue weighted by Gasteiger charge is -2.37. The quantitative estimate of drug-likeness (QED) is 0.118. The molecule has 0 aliphatic rings. The van der Waals surface area contributed by atoms with Crippen molar-refractivity contribution in [3.05, 3.63) is 228 Å². The van der Waals surface area contributed by atoms with E-state index in [0.717, 1.165) is 33.4 Å². The summed E-state index contributed by atoms with van der Waals surface area (Å²) < 4.78 is 8.78. The fourth-order valence-electron chi connectivity index (χ4n) is 7.33. The number of ether oxygens (including phenoxy) is 1. The Kier molecular flexibility index (Phi) is 9.58. The molecular weight excluding hydrogens is 655 g/mol. The third-order valence-corrected chi connectivity index (χ3v) is 9.77. The fourth-order valence-corrected chi connectivity index (χ4v) is 7.33. The minimum atomic E-state index is -0.948. The first-order valence-corrected chi connectivity index (χ1v) is 17.8. The molecule has 0 amide bonds. The maximum Gasteiger partial charge on any atom is 0.165 e. The van der Waals surface area contributed by atoms with Crippen LogP contribution in [0, 0.1) is 0 Å². The molecule has 53 heavy (non-hydrogen) atoms. The number of nitrogens with zero attached hydrogens (tertiary/aromatic N) is 4. The molecule has 8 aromatic rings. The Morgan fingerprint density at radius 3 is 1.34 bits per heavy atom. The zero-order chi connectivity index (χ0) is 35.9. The summed E-state index contributed by atoms with van der Waals surface area (Å²) in [6.45, 7) is 0.260. The van der Waals surface area contributed by atoms with Crippen molar-refractivity contribution < 1.29 is 9.84 Å². The molecule has 0 aliphatic heterocycles. The van der Waals surface area contributed by atoms with Crippen LogP contribution in [0.25, 0.3) is 11.2 Å². The molecule has 0 spiro atoms. The molecule has 0 saturated carbocycles. The number of aliphatic hydroxyl groups is 1. The van der Waals surface area contributed by atoms with E-state index in [-0.39, 0.29) is 13.2 Å². The van der Waals surface area contributed by atoms with E-state index < -0.39 is 17.2 Å². The molecule has 0 radical (unpaired) electrons. The smallest absolute Gasteiger partial charge is 0.165 e. The minimum absolute atomic E-state index is 0.0493. The molecule has 1 unspecified atom stereocenters. The molecule has 7 heteroatoms. The van der Waals surface area contributed by atoms with Crippen molar-refractivity contribution in [2.75, 3.05) is 11.9 Å². The number of nitrogens with one attached hydrogen (secondary N) is 1. The van der Waals surface area contributed by atoms with Gasteiger partial charge in [0.2, 0.25) is 0 Å². The van der Waals surface area contributed by atoms with Crippen molar-refractivity contribution >= 4 is 17.0 Å². The Morgan fingerprint density at radius 2 is 0.925 bits per heavy atom. The van der Waals surface area contributed by atoms with Crippen LogP contribution in [0.1, 0.15) is 33.4 Å². The van der Waals surface area contributed by atoms with Crippen molar-refractivity contribution in [3.63, 3.8) is 0 Å². The predicted octanol–water partition coefficient (Wildman–Crippen LogP) is 8.60. The van der Waals surface area contributed by atoms with Gasteiger partial charge in [-0.3, -0.25) is 0 Å². The summed E-state index contributed by atoms with van der Waals surface area (Å²) in [6.07, 6.45) is 2.37. The SMILES string of the molecule is OC(COC(c1ccccc1)(c1ccccc1)c1ccccc1)Cn1cnc2c(NC(c3ccccc3)(c3ccccc3)c3ccccc3)ncnc21. The summed E-state index contributed by atoms with van der Waals surface area (Å²) in [7, 11) is 0. The molecule has 2 aromatic heterocycles. The van der Waals surface area contributed by atoms with Gasteiger partial charge in [-0.15, -0.1) is 0 Å². The van der Waals surface area contributed by atoms with Gasteiger partial charge in [0.1, 0.15) is 23.0 Å². The summed E-state index contributed by atoms with van der Waals surface area (Å²) in [5.74, 6) is 0.576. The second kappa shape index (κ2) is 15.1. The number of hydrogen-bond donors (Lipinski definition) is 2. The van der Waals surface area contributed by atoms with Gasteiger partial charge in [-0.25, -0.2) is 15.0 Å². The van der Waals surface area contributed by atoms with Gasteiger partial charge in [-0.05, 0) is 33.4 Å². The minimum Gasteiger partial charge on any atom is -0.389 e. The molecule has 260 valence electrons. The Hall–Kier alpha value is -6.41. The lowest BCUT2D eigenvalue weighted by atomic mass is 9.77. The summed E-state index contributed by atoms with van der Waals surface area (Å²) in [4.78, 5) is 14.2. The average Bonchev–Trinajstić information content (AvgIpc) is 3.65. The molecule has 0 fully saturated rings. The van der Waals surface area contributed by atoms with Gasteiger partial charge in [0, 0.05) is 0 Å². The first-order valence-electron chi connectivity index (χ1n) is 17.8. The summed E-state index contributed by atoms with van der Waals surface area (Å²) in [5.41, 5.74) is 5.53. The first kappa shape index (κ1) is 33.7. The van der Waals surface area contributed by atoms with Crippen LogP contribution in [0.4, 0.5) is 5.82 Å². The van der Waals surface area contributed by atoms with Crippen LogP contribution in [0.15, 0.2) is 195 Å². The van der Waals surface area contributed by atoms with Crippen LogP contribution in [-0.2, 0) is 22.4 Å². The lowest BCUT2D eigenvalue weighted by Crippen LogP contribution is -2.38. The number of imidazole rings is 1. The number of benzene rings is 6. The normalized spacial score (nSPS) is 12.4. The third kappa shape index (κ3) is 6.48. The molecule has 2 N–H and O–H groups in total. The maximum atomic E-state index is 11.7. The molecule has 0 bridgehead atoms. The van der Waals surface area contributed by atoms with Crippen molar-refractivity contribution in [2.24, 2.45) is 0 Å². The van der Waals surface area contributed by atoms with E-state index in [1.807, 2.05) is 114 Å². The number of hydrogen-bond acceptors (Lipinski definition) is 6. The van der Waals surface area contributed by atoms with Gasteiger partial charge < -0.3 is 19.7 Å². The van der Waals surface area contributed by atoms with Crippen LogP contribution < -0.4 is 5.32 Å². The number of aromatic nitrogens is 4. The van der Waals surface area contributed by atoms with Crippen molar-refractivity contribution in [3.8, 4) is 0 Å². The van der Waals surface area contributed by atoms with Gasteiger partial charge in [0.15, 0.2) is 11.5 Å². The summed E-state index contributed by atoms with van der Waals surface area (Å²) in [5, 5.41) is 15.5. The highest BCUT2D eigenvalue weighted by atomic mass is 16.5. The predicted molar refractivity (Wildman–Crippen MR) is 209 cm³/mol. The third-order valence-electron chi connectivity index (χ3n) is 9.77. The van der Waals surface area contributed by atoms with Crippen LogP contribution in [0.5, 0.6) is 0 Å². The van der Waals surface area contributed by atoms with Gasteiger partial charge >= 0.3 is 0 Å². The summed E-state index contributed by atoms with van der Waals surface area (Å²) in [6, 6.07) is 61.6. The molecule has 0 aliphatic carbocycles. The van der Waals surface area contributed by atoms with Crippen LogP contribution >= 0.6 is 0 Å². The zero-order valence-electron chi connectivity index (χ0n) is 29.1. The lowest BCUT2D eigenvalue weighted by molar-refractivity contribution is -0.0420. The van der Waals surface area contributed by atoms with E-state index in [2.05, 4.69) is 83.1 Å². The monoisotopic (exact) mass is 693 g/mol. The molecule has 1 atom stereocenters.